The monoisotopic (exact) mass is 280 g/mol. The molecule has 0 aliphatic heterocycles. The Morgan fingerprint density at radius 1 is 1.00 bits per heavy atom. The van der Waals surface area contributed by atoms with Crippen LogP contribution in [0, 0.1) is 0 Å². The van der Waals surface area contributed by atoms with Crippen LogP contribution in [0.15, 0.2) is 55.1 Å². The number of ether oxygens (including phenoxy) is 1. The summed E-state index contributed by atoms with van der Waals surface area (Å²) in [5.41, 5.74) is 4.90. The molecule has 0 fully saturated rings. The van der Waals surface area contributed by atoms with Crippen LogP contribution in [0.3, 0.4) is 0 Å². The van der Waals surface area contributed by atoms with Gasteiger partial charge in [0, 0.05) is 0 Å². The van der Waals surface area contributed by atoms with Gasteiger partial charge >= 0.3 is 0 Å². The summed E-state index contributed by atoms with van der Waals surface area (Å²) in [6.07, 6.45) is 2.24. The minimum absolute atomic E-state index is 0.187. The summed E-state index contributed by atoms with van der Waals surface area (Å²) in [5.74, 6) is 0.938. The van der Waals surface area contributed by atoms with Crippen molar-refractivity contribution < 1.29 is 4.74 Å². The number of benzene rings is 2. The molecule has 2 aromatic carbocycles. The Labute approximate surface area is 128 Å². The quantitative estimate of drug-likeness (QED) is 0.698. The van der Waals surface area contributed by atoms with Crippen LogP contribution in [0.25, 0.3) is 5.57 Å². The highest BCUT2D eigenvalue weighted by Gasteiger charge is 2.05. The van der Waals surface area contributed by atoms with E-state index in [2.05, 4.69) is 69.0 Å². The predicted molar refractivity (Wildman–Crippen MR) is 90.8 cm³/mol. The highest BCUT2D eigenvalue weighted by molar-refractivity contribution is 5.63. The molecule has 0 aromatic heterocycles. The van der Waals surface area contributed by atoms with Gasteiger partial charge in [0.15, 0.2) is 0 Å². The van der Waals surface area contributed by atoms with Crippen LogP contribution in [0.4, 0.5) is 0 Å². The molecule has 2 aromatic rings. The van der Waals surface area contributed by atoms with Crippen LogP contribution < -0.4 is 4.74 Å². The van der Waals surface area contributed by atoms with Gasteiger partial charge in [0.05, 0.1) is 6.10 Å². The first kappa shape index (κ1) is 15.4. The normalized spacial score (nSPS) is 10.7. The standard InChI is InChI=1S/C20H24O/c1-15(2)19-12-18(13-20(14-19)21-16(3)4)11-10-17-8-6-5-7-9-17/h5-9,12-14,16H,1,10-11H2,2-4H3. The van der Waals surface area contributed by atoms with Crippen molar-refractivity contribution in [2.24, 2.45) is 0 Å². The maximum atomic E-state index is 5.86. The first-order chi connectivity index (χ1) is 10.0. The highest BCUT2D eigenvalue weighted by Crippen LogP contribution is 2.24. The van der Waals surface area contributed by atoms with Crippen molar-refractivity contribution in [3.05, 3.63) is 71.8 Å². The Morgan fingerprint density at radius 3 is 2.29 bits per heavy atom. The van der Waals surface area contributed by atoms with Crippen LogP contribution in [0.2, 0.25) is 0 Å². The molecule has 0 aliphatic rings. The number of hydrogen-bond acceptors (Lipinski definition) is 1. The maximum Gasteiger partial charge on any atom is 0.120 e. The van der Waals surface area contributed by atoms with E-state index in [0.717, 1.165) is 29.7 Å². The zero-order valence-electron chi connectivity index (χ0n) is 13.2. The summed E-state index contributed by atoms with van der Waals surface area (Å²) < 4.78 is 5.86. The van der Waals surface area contributed by atoms with Gasteiger partial charge in [-0.1, -0.05) is 48.6 Å². The maximum absolute atomic E-state index is 5.86. The molecule has 0 heterocycles. The molecular weight excluding hydrogens is 256 g/mol. The van der Waals surface area contributed by atoms with E-state index in [9.17, 15) is 0 Å². The van der Waals surface area contributed by atoms with Crippen LogP contribution in [0.1, 0.15) is 37.5 Å². The SMILES string of the molecule is C=C(C)c1cc(CCc2ccccc2)cc(OC(C)C)c1. The molecule has 0 bridgehead atoms. The van der Waals surface area contributed by atoms with Gasteiger partial charge in [-0.25, -0.2) is 0 Å². The van der Waals surface area contributed by atoms with E-state index in [1.165, 1.54) is 11.1 Å². The van der Waals surface area contributed by atoms with Gasteiger partial charge < -0.3 is 4.74 Å². The summed E-state index contributed by atoms with van der Waals surface area (Å²) in [6.45, 7) is 10.2. The Hall–Kier alpha value is -2.02. The third kappa shape index (κ3) is 4.78. The molecule has 0 radical (unpaired) electrons. The summed E-state index contributed by atoms with van der Waals surface area (Å²) in [7, 11) is 0. The minimum atomic E-state index is 0.187. The van der Waals surface area contributed by atoms with E-state index < -0.39 is 0 Å². The largest absolute Gasteiger partial charge is 0.491 e. The molecule has 1 heteroatoms. The van der Waals surface area contributed by atoms with Crippen molar-refractivity contribution >= 4 is 5.57 Å². The van der Waals surface area contributed by atoms with Gasteiger partial charge in [0.1, 0.15) is 5.75 Å². The van der Waals surface area contributed by atoms with Gasteiger partial charge in [0.2, 0.25) is 0 Å². The Balaban J connectivity index is 2.17. The number of allylic oxidation sites excluding steroid dienone is 1. The van der Waals surface area contributed by atoms with Crippen LogP contribution >= 0.6 is 0 Å². The molecule has 0 saturated heterocycles. The van der Waals surface area contributed by atoms with Crippen molar-refractivity contribution in [2.75, 3.05) is 0 Å². The summed E-state index contributed by atoms with van der Waals surface area (Å²) in [5, 5.41) is 0. The molecule has 1 nitrogen and oxygen atoms in total. The molecule has 2 rings (SSSR count). The van der Waals surface area contributed by atoms with Gasteiger partial charge in [-0.2, -0.15) is 0 Å². The van der Waals surface area contributed by atoms with E-state index in [0.29, 0.717) is 0 Å². The second kappa shape index (κ2) is 7.12. The number of hydrogen-bond donors (Lipinski definition) is 0. The Kier molecular flexibility index (Phi) is 5.21. The first-order valence-electron chi connectivity index (χ1n) is 7.55. The van der Waals surface area contributed by atoms with E-state index in [-0.39, 0.29) is 6.10 Å². The molecule has 0 N–H and O–H groups in total. The summed E-state index contributed by atoms with van der Waals surface area (Å²) >= 11 is 0. The van der Waals surface area contributed by atoms with Crippen LogP contribution in [0.5, 0.6) is 5.75 Å². The molecular formula is C20H24O. The topological polar surface area (TPSA) is 9.23 Å². The fourth-order valence-corrected chi connectivity index (χ4v) is 2.33. The molecule has 0 aliphatic carbocycles. The smallest absolute Gasteiger partial charge is 0.120 e. The van der Waals surface area contributed by atoms with Crippen LogP contribution in [-0.2, 0) is 12.8 Å². The molecule has 0 spiro atoms. The van der Waals surface area contributed by atoms with E-state index in [4.69, 9.17) is 4.74 Å². The second-order valence-corrected chi connectivity index (χ2v) is 5.80. The van der Waals surface area contributed by atoms with E-state index in [1.54, 1.807) is 0 Å². The van der Waals surface area contributed by atoms with E-state index >= 15 is 0 Å². The molecule has 0 amide bonds. The van der Waals surface area contributed by atoms with Crippen molar-refractivity contribution in [3.8, 4) is 5.75 Å². The lowest BCUT2D eigenvalue weighted by molar-refractivity contribution is 0.242. The zero-order chi connectivity index (χ0) is 15.2. The Morgan fingerprint density at radius 2 is 1.67 bits per heavy atom. The lowest BCUT2D eigenvalue weighted by atomic mass is 10.00. The first-order valence-corrected chi connectivity index (χ1v) is 7.55. The number of aryl methyl sites for hydroxylation is 2. The Bertz CT molecular complexity index is 596. The van der Waals surface area contributed by atoms with Crippen molar-refractivity contribution in [2.45, 2.75) is 39.7 Å². The second-order valence-electron chi connectivity index (χ2n) is 5.80. The zero-order valence-corrected chi connectivity index (χ0v) is 13.2. The van der Waals surface area contributed by atoms with Gasteiger partial charge in [-0.05, 0) is 62.4 Å². The van der Waals surface area contributed by atoms with Crippen molar-refractivity contribution in [1.82, 2.24) is 0 Å². The lowest BCUT2D eigenvalue weighted by Crippen LogP contribution is -2.06. The van der Waals surface area contributed by atoms with Crippen LogP contribution in [-0.4, -0.2) is 6.10 Å². The highest BCUT2D eigenvalue weighted by atomic mass is 16.5. The molecule has 0 atom stereocenters. The van der Waals surface area contributed by atoms with Gasteiger partial charge in [-0.15, -0.1) is 0 Å². The fraction of sp³-hybridized carbons (Fsp3) is 0.300. The summed E-state index contributed by atoms with van der Waals surface area (Å²) in [6, 6.07) is 17.0. The molecule has 21 heavy (non-hydrogen) atoms. The van der Waals surface area contributed by atoms with E-state index in [1.807, 2.05) is 6.92 Å². The van der Waals surface area contributed by atoms with Gasteiger partial charge in [-0.3, -0.25) is 0 Å². The number of rotatable bonds is 6. The summed E-state index contributed by atoms with van der Waals surface area (Å²) in [4.78, 5) is 0. The molecule has 0 unspecified atom stereocenters. The molecule has 0 saturated carbocycles. The molecule has 110 valence electrons. The lowest BCUT2D eigenvalue weighted by Gasteiger charge is -2.14. The van der Waals surface area contributed by atoms with Gasteiger partial charge in [0.25, 0.3) is 0 Å². The third-order valence-corrected chi connectivity index (χ3v) is 3.38. The predicted octanol–water partition coefficient (Wildman–Crippen LogP) is 5.29. The third-order valence-electron chi connectivity index (χ3n) is 3.38. The minimum Gasteiger partial charge on any atom is -0.491 e. The average molecular weight is 280 g/mol. The van der Waals surface area contributed by atoms with Crippen molar-refractivity contribution in [3.63, 3.8) is 0 Å². The average Bonchev–Trinajstić information content (AvgIpc) is 2.45. The fourth-order valence-electron chi connectivity index (χ4n) is 2.33. The van der Waals surface area contributed by atoms with Crippen molar-refractivity contribution in [1.29, 1.82) is 0 Å².